The summed E-state index contributed by atoms with van der Waals surface area (Å²) < 4.78 is 41.4. The number of para-hydroxylation sites is 1. The molecule has 3 atom stereocenters. The molecule has 66 heavy (non-hydrogen) atoms. The molecule has 3 unspecified atom stereocenters. The Kier molecular flexibility index (Phi) is 12.9. The van der Waals surface area contributed by atoms with E-state index in [1.54, 1.807) is 36.4 Å². The molecule has 2 saturated carbocycles. The molecular formula is C50H61N7O7S2. The van der Waals surface area contributed by atoms with Crippen LogP contribution in [0.15, 0.2) is 77.8 Å². The second kappa shape index (κ2) is 17.9. The molecule has 4 aromatic heterocycles. The van der Waals surface area contributed by atoms with Crippen LogP contribution < -0.4 is 5.32 Å². The largest absolute Gasteiger partial charge is 0.372 e. The summed E-state index contributed by atoms with van der Waals surface area (Å²) in [6, 6.07) is 19.8. The molecule has 0 spiro atoms. The lowest BCUT2D eigenvalue weighted by atomic mass is 9.48. The third kappa shape index (κ3) is 10.7. The molecule has 4 heterocycles. The number of hydrogen-bond acceptors (Lipinski definition) is 14. The summed E-state index contributed by atoms with van der Waals surface area (Å²) in [4.78, 5) is 35.0. The first-order chi connectivity index (χ1) is 31.0. The normalized spacial score (nSPS) is 21.8. The van der Waals surface area contributed by atoms with Crippen molar-refractivity contribution in [2.24, 2.45) is 16.2 Å². The first kappa shape index (κ1) is 47.5. The topological polar surface area (TPSA) is 170 Å². The minimum atomic E-state index is -3.91. The lowest BCUT2D eigenvalue weighted by molar-refractivity contribution is -0.356. The van der Waals surface area contributed by atoms with Gasteiger partial charge in [-0.1, -0.05) is 74.9 Å². The Hall–Kier alpha value is -4.97. The number of pyridine rings is 1. The average Bonchev–Trinajstić information content (AvgIpc) is 3.80. The molecule has 350 valence electrons. The van der Waals surface area contributed by atoms with E-state index in [1.807, 2.05) is 71.1 Å². The Morgan fingerprint density at radius 3 is 2.33 bits per heavy atom. The molecule has 2 aromatic carbocycles. The highest BCUT2D eigenvalue weighted by Gasteiger charge is 2.58. The molecule has 0 saturated heterocycles. The van der Waals surface area contributed by atoms with Gasteiger partial charge < -0.3 is 10.1 Å². The molecule has 0 amide bonds. The van der Waals surface area contributed by atoms with E-state index in [-0.39, 0.29) is 58.1 Å². The van der Waals surface area contributed by atoms with Crippen molar-refractivity contribution in [3.05, 3.63) is 107 Å². The van der Waals surface area contributed by atoms with Crippen LogP contribution in [-0.4, -0.2) is 68.6 Å². The predicted molar refractivity (Wildman–Crippen MR) is 255 cm³/mol. The number of benzene rings is 2. The minimum Gasteiger partial charge on any atom is -0.372 e. The highest BCUT2D eigenvalue weighted by molar-refractivity contribution is 7.86. The quantitative estimate of drug-likeness (QED) is 0.0320. The van der Waals surface area contributed by atoms with E-state index in [1.165, 1.54) is 11.3 Å². The average molecular weight is 936 g/mol. The number of hydrogen-bond donors (Lipinski definition) is 1. The highest BCUT2D eigenvalue weighted by Crippen LogP contribution is 2.63. The van der Waals surface area contributed by atoms with Crippen molar-refractivity contribution < 1.29 is 31.9 Å². The van der Waals surface area contributed by atoms with Crippen LogP contribution in [0, 0.1) is 37.0 Å². The van der Waals surface area contributed by atoms with Gasteiger partial charge in [-0.15, -0.1) is 10.2 Å². The minimum absolute atomic E-state index is 0.00647. The van der Waals surface area contributed by atoms with E-state index in [0.29, 0.717) is 23.2 Å². The molecule has 6 aromatic rings. The number of rotatable bonds is 16. The predicted octanol–water partition coefficient (Wildman–Crippen LogP) is 10.7. The molecule has 2 bridgehead atoms. The third-order valence-corrected chi connectivity index (χ3v) is 14.7. The van der Waals surface area contributed by atoms with Gasteiger partial charge in [-0.25, -0.2) is 19.7 Å². The molecule has 8 rings (SSSR count). The van der Waals surface area contributed by atoms with Crippen molar-refractivity contribution in [3.8, 4) is 11.1 Å². The van der Waals surface area contributed by atoms with Gasteiger partial charge in [0.1, 0.15) is 18.0 Å². The zero-order valence-electron chi connectivity index (χ0n) is 39.6. The first-order valence-corrected chi connectivity index (χ1v) is 24.7. The van der Waals surface area contributed by atoms with Crippen molar-refractivity contribution in [2.45, 2.75) is 131 Å². The lowest BCUT2D eigenvalue weighted by Gasteiger charge is -2.61. The summed E-state index contributed by atoms with van der Waals surface area (Å²) in [5, 5.41) is 17.6. The Balaban J connectivity index is 1.01. The summed E-state index contributed by atoms with van der Waals surface area (Å²) >= 11 is 1.51. The number of carbonyl (C=O) groups is 1. The van der Waals surface area contributed by atoms with Gasteiger partial charge >= 0.3 is 0 Å². The van der Waals surface area contributed by atoms with Crippen LogP contribution in [-0.2, 0) is 42.0 Å². The number of aryl methyl sites for hydroxylation is 2. The van der Waals surface area contributed by atoms with E-state index in [4.69, 9.17) is 28.8 Å². The van der Waals surface area contributed by atoms with E-state index >= 15 is 0 Å². The van der Waals surface area contributed by atoms with Crippen LogP contribution in [0.2, 0.25) is 0 Å². The molecule has 1 N–H and O–H groups in total. The molecular weight excluding hydrogens is 875 g/mol. The fourth-order valence-electron chi connectivity index (χ4n) is 10.9. The van der Waals surface area contributed by atoms with Gasteiger partial charge in [0.15, 0.2) is 10.9 Å². The molecule has 0 aliphatic heterocycles. The summed E-state index contributed by atoms with van der Waals surface area (Å²) in [6.07, 6.45) is 6.40. The van der Waals surface area contributed by atoms with Crippen molar-refractivity contribution in [2.75, 3.05) is 18.5 Å². The molecule has 2 aliphatic rings. The number of aromatic nitrogens is 6. The van der Waals surface area contributed by atoms with Gasteiger partial charge in [-0.2, -0.15) is 13.5 Å². The van der Waals surface area contributed by atoms with Gasteiger partial charge in [0, 0.05) is 23.4 Å². The maximum absolute atomic E-state index is 14.0. The van der Waals surface area contributed by atoms with Crippen LogP contribution in [0.25, 0.3) is 21.3 Å². The van der Waals surface area contributed by atoms with Gasteiger partial charge in [0.05, 0.1) is 51.4 Å². The molecule has 16 heteroatoms. The van der Waals surface area contributed by atoms with Gasteiger partial charge in [0.2, 0.25) is 5.78 Å². The Morgan fingerprint density at radius 2 is 1.61 bits per heavy atom. The van der Waals surface area contributed by atoms with Crippen LogP contribution in [0.3, 0.4) is 0 Å². The first-order valence-electron chi connectivity index (χ1n) is 22.5. The second-order valence-electron chi connectivity index (χ2n) is 20.9. The SMILES string of the molecule is Cc1ccc(S(=O)(=O)OCCOC23CC(C)(C)CC(C)(CC(C)(Cn4ncc(-c5ccc(C(=O)c6cc(C)c(Nc7nc8ccccc8s7)nn6)nc5COOC(C)(C)C)c4C)C2)C3)cc1. The zero-order valence-corrected chi connectivity index (χ0v) is 41.3. The summed E-state index contributed by atoms with van der Waals surface area (Å²) in [5.41, 5.74) is 4.83. The van der Waals surface area contributed by atoms with Crippen molar-refractivity contribution >= 4 is 48.4 Å². The van der Waals surface area contributed by atoms with E-state index in [9.17, 15) is 13.2 Å². The van der Waals surface area contributed by atoms with Gasteiger partial charge in [-0.3, -0.25) is 13.7 Å². The number of nitrogens with one attached hydrogen (secondary N) is 1. The van der Waals surface area contributed by atoms with Crippen LogP contribution in [0.5, 0.6) is 0 Å². The number of anilines is 2. The smallest absolute Gasteiger partial charge is 0.297 e. The zero-order chi connectivity index (χ0) is 47.3. The van der Waals surface area contributed by atoms with Gasteiger partial charge in [0.25, 0.3) is 10.1 Å². The number of carbonyl (C=O) groups excluding carboxylic acids is 1. The third-order valence-electron chi connectivity index (χ3n) is 12.5. The van der Waals surface area contributed by atoms with E-state index < -0.39 is 21.3 Å². The lowest BCUT2D eigenvalue weighted by Crippen LogP contribution is -2.57. The Labute approximate surface area is 391 Å². The van der Waals surface area contributed by atoms with Gasteiger partial charge in [-0.05, 0) is 132 Å². The van der Waals surface area contributed by atoms with Crippen molar-refractivity contribution in [1.82, 2.24) is 29.9 Å². The summed E-state index contributed by atoms with van der Waals surface area (Å²) in [5.74, 6) is 0.134. The molecule has 0 radical (unpaired) electrons. The number of ether oxygens (including phenoxy) is 1. The van der Waals surface area contributed by atoms with Crippen LogP contribution in [0.1, 0.15) is 119 Å². The molecule has 2 aliphatic carbocycles. The number of nitrogens with zero attached hydrogens (tertiary/aromatic N) is 6. The fourth-order valence-corrected chi connectivity index (χ4v) is 12.7. The standard InChI is InChI=1S/C50H61N7O7S2/c1-32-15-17-35(18-16-32)66(59,60)63-22-21-61-50-27-47(7,8)26-48(9,29-50)28-49(10,30-50)31-57-34(3)37(24-51-57)36-19-20-39(52-41(36)25-62-64-46(4,5)6)43(58)40-23-33(2)44(56-55-40)54-45-53-38-13-11-12-14-42(38)65-45/h11-20,23-24H,21-22,25-31H2,1-10H3,(H,53,54,56). The van der Waals surface area contributed by atoms with E-state index in [2.05, 4.69) is 59.8 Å². The van der Waals surface area contributed by atoms with Crippen LogP contribution >= 0.6 is 11.3 Å². The summed E-state index contributed by atoms with van der Waals surface area (Å²) in [6.45, 7) is 21.5. The number of thiazole rings is 1. The monoisotopic (exact) mass is 935 g/mol. The fraction of sp³-hybridized carbons (Fsp3) is 0.480. The number of fused-ring (bicyclic) bond motifs is 3. The molecule has 14 nitrogen and oxygen atoms in total. The number of ketones is 1. The van der Waals surface area contributed by atoms with E-state index in [0.717, 1.165) is 70.3 Å². The van der Waals surface area contributed by atoms with Crippen LogP contribution in [0.4, 0.5) is 10.9 Å². The second-order valence-corrected chi connectivity index (χ2v) is 23.6. The van der Waals surface area contributed by atoms with Crippen molar-refractivity contribution in [3.63, 3.8) is 0 Å². The maximum Gasteiger partial charge on any atom is 0.297 e. The summed E-state index contributed by atoms with van der Waals surface area (Å²) in [7, 11) is -3.91. The highest BCUT2D eigenvalue weighted by atomic mass is 32.2. The molecule has 2 fully saturated rings. The van der Waals surface area contributed by atoms with Crippen molar-refractivity contribution in [1.29, 1.82) is 0 Å². The maximum atomic E-state index is 14.0. The Bertz CT molecular complexity index is 2830. The Morgan fingerprint density at radius 1 is 0.848 bits per heavy atom.